The highest BCUT2D eigenvalue weighted by atomic mass is 15.2. The fourth-order valence-electron chi connectivity index (χ4n) is 4.98. The van der Waals surface area contributed by atoms with Gasteiger partial charge in [-0.1, -0.05) is 90.0 Å². The molecular weight excluding hydrogens is 540 g/mol. The summed E-state index contributed by atoms with van der Waals surface area (Å²) in [5.41, 5.74) is 14.3. The van der Waals surface area contributed by atoms with Gasteiger partial charge in [-0.3, -0.25) is 0 Å². The molecule has 0 amide bonds. The van der Waals surface area contributed by atoms with Gasteiger partial charge in [-0.25, -0.2) is 4.98 Å². The molecule has 2 aromatic heterocycles. The molecule has 2 aromatic rings. The minimum Gasteiger partial charge on any atom is -0.397 e. The molecule has 0 radical (unpaired) electrons. The Morgan fingerprint density at radius 3 is 2.30 bits per heavy atom. The van der Waals surface area contributed by atoms with Crippen LogP contribution in [-0.2, 0) is 6.42 Å². The lowest BCUT2D eigenvalue weighted by Gasteiger charge is -2.34. The molecule has 44 heavy (non-hydrogen) atoms. The number of H-pyrrole nitrogens is 1. The van der Waals surface area contributed by atoms with Crippen LogP contribution in [0.3, 0.4) is 0 Å². The zero-order chi connectivity index (χ0) is 33.2. The number of nitrogens with one attached hydrogen (secondary N) is 1. The molecule has 3 heterocycles. The molecule has 0 spiro atoms. The third-order valence-electron chi connectivity index (χ3n) is 7.33. The van der Waals surface area contributed by atoms with E-state index in [0.717, 1.165) is 67.4 Å². The van der Waals surface area contributed by atoms with Gasteiger partial charge in [0.1, 0.15) is 11.5 Å². The van der Waals surface area contributed by atoms with Crippen molar-refractivity contribution in [3.63, 3.8) is 0 Å². The monoisotopic (exact) mass is 598 g/mol. The molecule has 1 aliphatic heterocycles. The van der Waals surface area contributed by atoms with Crippen molar-refractivity contribution in [3.05, 3.63) is 109 Å². The van der Waals surface area contributed by atoms with E-state index in [2.05, 4.69) is 77.3 Å². The lowest BCUT2D eigenvalue weighted by Crippen LogP contribution is -2.32. The van der Waals surface area contributed by atoms with Crippen LogP contribution in [0.25, 0.3) is 29.4 Å². The van der Waals surface area contributed by atoms with Crippen LogP contribution in [0.1, 0.15) is 89.5 Å². The maximum Gasteiger partial charge on any atom is 0.117 e. The molecule has 1 aliphatic carbocycles. The molecule has 6 heteroatoms. The number of hydrogen-bond donors (Lipinski definition) is 2. The quantitative estimate of drug-likeness (QED) is 0.223. The maximum atomic E-state index is 6.31. The van der Waals surface area contributed by atoms with Crippen LogP contribution in [0.4, 0.5) is 0 Å². The van der Waals surface area contributed by atoms with Crippen LogP contribution >= 0.6 is 0 Å². The van der Waals surface area contributed by atoms with E-state index in [9.17, 15) is 0 Å². The molecule has 2 aliphatic rings. The fraction of sp³-hybridized carbons (Fsp3) is 0.395. The number of nitrogens with two attached hydrogens (primary N) is 1. The fourth-order valence-corrected chi connectivity index (χ4v) is 4.98. The van der Waals surface area contributed by atoms with Crippen molar-refractivity contribution in [2.45, 2.75) is 73.1 Å². The second-order valence-corrected chi connectivity index (χ2v) is 10.4. The van der Waals surface area contributed by atoms with Crippen molar-refractivity contribution >= 4 is 18.0 Å². The molecule has 6 nitrogen and oxygen atoms in total. The second-order valence-electron chi connectivity index (χ2n) is 10.4. The van der Waals surface area contributed by atoms with E-state index in [1.807, 2.05) is 78.8 Å². The van der Waals surface area contributed by atoms with E-state index in [-0.39, 0.29) is 0 Å². The average Bonchev–Trinajstić information content (AvgIpc) is 3.54. The first-order valence-corrected chi connectivity index (χ1v) is 16.0. The topological polar surface area (TPSA) is 66.1 Å². The Morgan fingerprint density at radius 2 is 1.77 bits per heavy atom. The molecular formula is C38H58N6. The number of allylic oxidation sites excluding steroid dienone is 8. The van der Waals surface area contributed by atoms with Crippen molar-refractivity contribution < 1.29 is 0 Å². The summed E-state index contributed by atoms with van der Waals surface area (Å²) in [7, 11) is 4.02. The lowest BCUT2D eigenvalue weighted by molar-refractivity contribution is 0.255. The van der Waals surface area contributed by atoms with Gasteiger partial charge in [0, 0.05) is 69.2 Å². The summed E-state index contributed by atoms with van der Waals surface area (Å²) in [5, 5.41) is 0. The summed E-state index contributed by atoms with van der Waals surface area (Å²) in [5.74, 6) is 1.40. The molecule has 0 unspecified atom stereocenters. The summed E-state index contributed by atoms with van der Waals surface area (Å²) < 4.78 is 2.14. The summed E-state index contributed by atoms with van der Waals surface area (Å²) in [6.45, 7) is 29.7. The van der Waals surface area contributed by atoms with Crippen molar-refractivity contribution in [1.82, 2.24) is 24.3 Å². The third kappa shape index (κ3) is 10.2. The van der Waals surface area contributed by atoms with E-state index < -0.39 is 0 Å². The van der Waals surface area contributed by atoms with Crippen molar-refractivity contribution in [2.24, 2.45) is 5.73 Å². The van der Waals surface area contributed by atoms with E-state index in [1.54, 1.807) is 6.08 Å². The van der Waals surface area contributed by atoms with Gasteiger partial charge in [-0.2, -0.15) is 0 Å². The van der Waals surface area contributed by atoms with Crippen LogP contribution in [0, 0.1) is 0 Å². The Balaban J connectivity index is 0.000000695. The highest BCUT2D eigenvalue weighted by Crippen LogP contribution is 2.36. The SMILES string of the molecule is C=C/C=C(\C)N(C)C.C=CCC(=C)N1CCC(c2nc(-c3cc4c([nH]3)CC=CC=C4)c(C(=C)N)n2/C=C\C)CC1.CC.CC. The predicted molar refractivity (Wildman–Crippen MR) is 196 cm³/mol. The van der Waals surface area contributed by atoms with E-state index >= 15 is 0 Å². The summed E-state index contributed by atoms with van der Waals surface area (Å²) >= 11 is 0. The largest absolute Gasteiger partial charge is 0.397 e. The zero-order valence-electron chi connectivity index (χ0n) is 28.8. The normalized spacial score (nSPS) is 14.2. The van der Waals surface area contributed by atoms with E-state index in [1.165, 1.54) is 17.0 Å². The Labute approximate surface area is 268 Å². The van der Waals surface area contributed by atoms with Gasteiger partial charge in [0.15, 0.2) is 0 Å². The number of aromatic nitrogens is 3. The Morgan fingerprint density at radius 1 is 1.11 bits per heavy atom. The minimum absolute atomic E-state index is 0.349. The summed E-state index contributed by atoms with van der Waals surface area (Å²) in [6.07, 6.45) is 22.0. The molecule has 1 fully saturated rings. The number of imidazole rings is 1. The summed E-state index contributed by atoms with van der Waals surface area (Å²) in [6, 6.07) is 2.17. The number of hydrogen-bond acceptors (Lipinski definition) is 4. The van der Waals surface area contributed by atoms with E-state index in [0.29, 0.717) is 11.6 Å². The smallest absolute Gasteiger partial charge is 0.117 e. The lowest BCUT2D eigenvalue weighted by atomic mass is 9.95. The molecule has 240 valence electrons. The number of likely N-dealkylation sites (tertiary alicyclic amines) is 1. The van der Waals surface area contributed by atoms with Gasteiger partial charge in [0.2, 0.25) is 0 Å². The Hall–Kier alpha value is -4.19. The molecule has 0 aromatic carbocycles. The molecule has 1 saturated heterocycles. The van der Waals surface area contributed by atoms with Gasteiger partial charge in [0.25, 0.3) is 0 Å². The van der Waals surface area contributed by atoms with Crippen LogP contribution in [-0.4, -0.2) is 51.5 Å². The van der Waals surface area contributed by atoms with Crippen molar-refractivity contribution in [1.29, 1.82) is 0 Å². The third-order valence-corrected chi connectivity index (χ3v) is 7.33. The zero-order valence-corrected chi connectivity index (χ0v) is 28.8. The van der Waals surface area contributed by atoms with Crippen LogP contribution < -0.4 is 5.73 Å². The van der Waals surface area contributed by atoms with Gasteiger partial charge < -0.3 is 25.1 Å². The number of aromatic amines is 1. The first-order valence-electron chi connectivity index (χ1n) is 16.0. The summed E-state index contributed by atoms with van der Waals surface area (Å²) in [4.78, 5) is 13.1. The van der Waals surface area contributed by atoms with Gasteiger partial charge in [0.05, 0.1) is 17.1 Å². The Bertz CT molecular complexity index is 1330. The highest BCUT2D eigenvalue weighted by molar-refractivity contribution is 5.77. The average molecular weight is 599 g/mol. The first-order chi connectivity index (χ1) is 21.2. The molecule has 4 rings (SSSR count). The molecule has 3 N–H and O–H groups in total. The number of fused-ring (bicyclic) bond motifs is 1. The second kappa shape index (κ2) is 19.9. The molecule has 0 atom stereocenters. The van der Waals surface area contributed by atoms with Crippen LogP contribution in [0.2, 0.25) is 0 Å². The number of nitrogens with zero attached hydrogens (tertiary/aromatic N) is 4. The molecule has 0 saturated carbocycles. The van der Waals surface area contributed by atoms with Crippen LogP contribution in [0.5, 0.6) is 0 Å². The number of rotatable bonds is 9. The predicted octanol–water partition coefficient (Wildman–Crippen LogP) is 9.38. The van der Waals surface area contributed by atoms with Gasteiger partial charge in [-0.15, -0.1) is 6.58 Å². The van der Waals surface area contributed by atoms with Gasteiger partial charge >= 0.3 is 0 Å². The highest BCUT2D eigenvalue weighted by Gasteiger charge is 2.28. The van der Waals surface area contributed by atoms with Crippen LogP contribution in [0.15, 0.2) is 86.3 Å². The first kappa shape index (κ1) is 37.8. The van der Waals surface area contributed by atoms with Gasteiger partial charge in [-0.05, 0) is 44.4 Å². The maximum absolute atomic E-state index is 6.31. The standard InChI is InChI=1S/C27H33N5.C7H13N.2C2H6/c1-5-10-19(3)31-16-13-21(14-17-31)27-30-25(26(20(4)28)32(27)15-6-2)24-18-22-11-8-7-9-12-23(22)29-24;1-5-6-7(2)8(3)4;2*1-2/h5-9,11,15,18,21,29H,1,3-4,10,12-14,16-17,28H2,2H3;5-6H,1H2,2-4H3;2*1-2H3/b15-6-;7-6+;;. The molecule has 0 bridgehead atoms. The van der Waals surface area contributed by atoms with Crippen molar-refractivity contribution in [3.8, 4) is 11.4 Å². The van der Waals surface area contributed by atoms with E-state index in [4.69, 9.17) is 10.7 Å². The number of piperidine rings is 1. The minimum atomic E-state index is 0.349. The van der Waals surface area contributed by atoms with Crippen molar-refractivity contribution in [2.75, 3.05) is 27.2 Å². The Kier molecular flexibility index (Phi) is 17.1.